The van der Waals surface area contributed by atoms with Crippen LogP contribution in [0.5, 0.6) is 0 Å². The van der Waals surface area contributed by atoms with E-state index in [2.05, 4.69) is 34.0 Å². The molecule has 0 aliphatic heterocycles. The number of pyridine rings is 1. The maximum atomic E-state index is 14.5. The van der Waals surface area contributed by atoms with E-state index in [4.69, 9.17) is 4.98 Å². The number of sulfonamides is 1. The zero-order valence-corrected chi connectivity index (χ0v) is 22.1. The third-order valence-corrected chi connectivity index (χ3v) is 9.14. The number of rotatable bonds is 6. The predicted octanol–water partition coefficient (Wildman–Crippen LogP) is 5.44. The molecule has 0 unspecified atom stereocenters. The molecule has 206 valence electrons. The number of hydrogen-bond donors (Lipinski definition) is 1. The van der Waals surface area contributed by atoms with Crippen molar-refractivity contribution < 1.29 is 26.0 Å². The Bertz CT molecular complexity index is 1730. The molecule has 2 aliphatic rings. The van der Waals surface area contributed by atoms with Gasteiger partial charge in [-0.05, 0) is 60.1 Å². The molecule has 4 aromatic rings. The fraction of sp³-hybridized carbons (Fsp3) is 0.296. The average molecular weight is 571 g/mol. The second-order valence-electron chi connectivity index (χ2n) is 10.5. The first-order valence-electron chi connectivity index (χ1n) is 12.4. The van der Waals surface area contributed by atoms with E-state index in [0.717, 1.165) is 24.1 Å². The number of hydrogen-bond acceptors (Lipinski definition) is 7. The van der Waals surface area contributed by atoms with Crippen LogP contribution in [0.15, 0.2) is 54.9 Å². The molecule has 2 bridgehead atoms. The summed E-state index contributed by atoms with van der Waals surface area (Å²) in [6, 6.07) is 10.8. The molecular weight excluding hydrogens is 548 g/mol. The normalized spacial score (nSPS) is 21.0. The van der Waals surface area contributed by atoms with E-state index < -0.39 is 38.8 Å². The van der Waals surface area contributed by atoms with Crippen LogP contribution < -0.4 is 4.72 Å². The van der Waals surface area contributed by atoms with Crippen LogP contribution in [-0.4, -0.2) is 39.3 Å². The number of benzene rings is 1. The molecule has 1 N–H and O–H groups in total. The standard InChI is InChI=1S/C27H22F4N6O2S/c1-26(2)16-9-10-27(26,23-15(16)11-20(35-36-23)22-17(28)5-3-6-18(22)29)21-8-4-7-19(34-21)14-12-32-25(33-13-14)37-40(38,39)24(30)31/h3-8,11-13,16,24H,9-10H2,1-2H3,(H,32,33,37)/t16-,27-/m0/s1. The maximum absolute atomic E-state index is 14.5. The molecule has 6 rings (SSSR count). The Kier molecular flexibility index (Phi) is 5.91. The molecule has 8 nitrogen and oxygen atoms in total. The molecule has 40 heavy (non-hydrogen) atoms. The van der Waals surface area contributed by atoms with Crippen molar-refractivity contribution in [3.8, 4) is 22.5 Å². The van der Waals surface area contributed by atoms with Crippen molar-refractivity contribution in [3.05, 3.63) is 83.4 Å². The number of anilines is 1. The molecule has 0 amide bonds. The lowest BCUT2D eigenvalue weighted by Gasteiger charge is -2.37. The fourth-order valence-corrected chi connectivity index (χ4v) is 6.72. The summed E-state index contributed by atoms with van der Waals surface area (Å²) in [5.74, 6) is -5.47. The van der Waals surface area contributed by atoms with Gasteiger partial charge in [-0.2, -0.15) is 13.9 Å². The van der Waals surface area contributed by atoms with E-state index in [-0.39, 0.29) is 22.6 Å². The van der Waals surface area contributed by atoms with E-state index in [9.17, 15) is 26.0 Å². The zero-order chi connectivity index (χ0) is 28.4. The highest BCUT2D eigenvalue weighted by molar-refractivity contribution is 7.92. The molecule has 2 aliphatic carbocycles. The van der Waals surface area contributed by atoms with Gasteiger partial charge in [0.1, 0.15) is 11.6 Å². The minimum atomic E-state index is -4.90. The van der Waals surface area contributed by atoms with Crippen molar-refractivity contribution in [1.29, 1.82) is 0 Å². The molecule has 13 heteroatoms. The van der Waals surface area contributed by atoms with Crippen molar-refractivity contribution in [2.75, 3.05) is 4.72 Å². The number of alkyl halides is 2. The molecule has 1 saturated carbocycles. The van der Waals surface area contributed by atoms with Gasteiger partial charge in [0.05, 0.1) is 33.8 Å². The van der Waals surface area contributed by atoms with Gasteiger partial charge in [0.2, 0.25) is 5.95 Å². The van der Waals surface area contributed by atoms with Crippen molar-refractivity contribution >= 4 is 16.0 Å². The monoisotopic (exact) mass is 570 g/mol. The van der Waals surface area contributed by atoms with E-state index in [1.54, 1.807) is 16.9 Å². The van der Waals surface area contributed by atoms with Gasteiger partial charge in [-0.15, -0.1) is 5.10 Å². The first kappa shape index (κ1) is 26.2. The van der Waals surface area contributed by atoms with E-state index in [1.165, 1.54) is 30.6 Å². The Hall–Kier alpha value is -4.00. The largest absolute Gasteiger partial charge is 0.355 e. The second-order valence-corrected chi connectivity index (χ2v) is 12.1. The predicted molar refractivity (Wildman–Crippen MR) is 138 cm³/mol. The smallest absolute Gasteiger partial charge is 0.252 e. The lowest BCUT2D eigenvalue weighted by molar-refractivity contribution is 0.236. The lowest BCUT2D eigenvalue weighted by Crippen LogP contribution is -2.37. The van der Waals surface area contributed by atoms with Gasteiger partial charge in [-0.25, -0.2) is 31.9 Å². The van der Waals surface area contributed by atoms with Crippen molar-refractivity contribution in [2.24, 2.45) is 5.41 Å². The Morgan fingerprint density at radius 2 is 1.65 bits per heavy atom. The molecule has 3 heterocycles. The van der Waals surface area contributed by atoms with Gasteiger partial charge < -0.3 is 0 Å². The third-order valence-electron chi connectivity index (χ3n) is 8.20. The van der Waals surface area contributed by atoms with Crippen LogP contribution in [-0.2, 0) is 15.4 Å². The number of nitrogens with zero attached hydrogens (tertiary/aromatic N) is 5. The number of fused-ring (bicyclic) bond motifs is 5. The van der Waals surface area contributed by atoms with Gasteiger partial charge in [0.15, 0.2) is 0 Å². The first-order valence-corrected chi connectivity index (χ1v) is 13.9. The summed E-state index contributed by atoms with van der Waals surface area (Å²) >= 11 is 0. The SMILES string of the molecule is CC1(C)[C@H]2CC[C@]1(c1cccc(-c3cnc(NS(=O)(=O)C(F)F)nc3)n1)c1nnc(-c3c(F)cccc3F)cc12. The number of aromatic nitrogens is 5. The van der Waals surface area contributed by atoms with E-state index in [0.29, 0.717) is 17.0 Å². The topological polar surface area (TPSA) is 111 Å². The van der Waals surface area contributed by atoms with Crippen LogP contribution in [0.2, 0.25) is 0 Å². The van der Waals surface area contributed by atoms with Crippen LogP contribution in [0.4, 0.5) is 23.5 Å². The lowest BCUT2D eigenvalue weighted by atomic mass is 9.66. The van der Waals surface area contributed by atoms with Crippen molar-refractivity contribution in [2.45, 2.75) is 43.8 Å². The number of nitrogens with one attached hydrogen (secondary N) is 1. The van der Waals surface area contributed by atoms with E-state index in [1.807, 2.05) is 12.1 Å². The van der Waals surface area contributed by atoms with Crippen LogP contribution in [0.25, 0.3) is 22.5 Å². The van der Waals surface area contributed by atoms with Crippen LogP contribution in [0.3, 0.4) is 0 Å². The summed E-state index contributed by atoms with van der Waals surface area (Å²) in [6.45, 7) is 4.24. The summed E-state index contributed by atoms with van der Waals surface area (Å²) in [6.07, 6.45) is 4.14. The molecule has 1 fully saturated rings. The molecule has 0 saturated heterocycles. The van der Waals surface area contributed by atoms with Crippen molar-refractivity contribution in [1.82, 2.24) is 25.1 Å². The number of halogens is 4. The van der Waals surface area contributed by atoms with Gasteiger partial charge in [-0.1, -0.05) is 26.0 Å². The maximum Gasteiger partial charge on any atom is 0.355 e. The minimum absolute atomic E-state index is 0.0579. The summed E-state index contributed by atoms with van der Waals surface area (Å²) < 4.78 is 78.8. The van der Waals surface area contributed by atoms with Gasteiger partial charge in [0.25, 0.3) is 10.0 Å². The van der Waals surface area contributed by atoms with Gasteiger partial charge in [0, 0.05) is 18.0 Å². The summed E-state index contributed by atoms with van der Waals surface area (Å²) in [5, 5.41) is 8.77. The Morgan fingerprint density at radius 1 is 0.975 bits per heavy atom. The summed E-state index contributed by atoms with van der Waals surface area (Å²) in [7, 11) is -4.90. The Labute approximate surface area is 227 Å². The Balaban J connectivity index is 1.40. The van der Waals surface area contributed by atoms with Gasteiger partial charge in [-0.3, -0.25) is 4.98 Å². The highest BCUT2D eigenvalue weighted by atomic mass is 32.2. The molecule has 1 aromatic carbocycles. The minimum Gasteiger partial charge on any atom is -0.252 e. The molecule has 0 radical (unpaired) electrons. The summed E-state index contributed by atoms with van der Waals surface area (Å²) in [4.78, 5) is 12.6. The zero-order valence-electron chi connectivity index (χ0n) is 21.2. The average Bonchev–Trinajstić information content (AvgIpc) is 3.30. The van der Waals surface area contributed by atoms with Crippen molar-refractivity contribution in [3.63, 3.8) is 0 Å². The molecule has 2 atom stereocenters. The molecule has 0 spiro atoms. The highest BCUT2D eigenvalue weighted by Gasteiger charge is 2.65. The fourth-order valence-electron chi connectivity index (χ4n) is 6.27. The Morgan fingerprint density at radius 3 is 2.33 bits per heavy atom. The second kappa shape index (κ2) is 9.01. The molecule has 3 aromatic heterocycles. The highest BCUT2D eigenvalue weighted by Crippen LogP contribution is 2.69. The van der Waals surface area contributed by atoms with Crippen LogP contribution in [0, 0.1) is 17.0 Å². The van der Waals surface area contributed by atoms with E-state index >= 15 is 0 Å². The van der Waals surface area contributed by atoms with Crippen LogP contribution >= 0.6 is 0 Å². The summed E-state index contributed by atoms with van der Waals surface area (Å²) in [5.41, 5.74) is 2.19. The third kappa shape index (κ3) is 3.78. The molecular formula is C27H22F4N6O2S. The van der Waals surface area contributed by atoms with Crippen LogP contribution in [0.1, 0.15) is 49.6 Å². The van der Waals surface area contributed by atoms with Gasteiger partial charge >= 0.3 is 5.76 Å². The quantitative estimate of drug-likeness (QED) is 0.307. The first-order chi connectivity index (χ1) is 19.0.